The van der Waals surface area contributed by atoms with Crippen molar-refractivity contribution in [3.05, 3.63) is 71.7 Å². The third kappa shape index (κ3) is 6.22. The number of halogens is 1. The van der Waals surface area contributed by atoms with E-state index in [4.69, 9.17) is 4.42 Å². The van der Waals surface area contributed by atoms with Crippen LogP contribution in [0, 0.1) is 6.92 Å². The Balaban J connectivity index is 0.00000320. The van der Waals surface area contributed by atoms with Crippen molar-refractivity contribution in [2.24, 2.45) is 4.99 Å². The van der Waals surface area contributed by atoms with E-state index >= 15 is 0 Å². The number of benzene rings is 2. The fraction of sp³-hybridized carbons (Fsp3) is 0.304. The van der Waals surface area contributed by atoms with Gasteiger partial charge >= 0.3 is 0 Å². The molecule has 0 aliphatic carbocycles. The van der Waals surface area contributed by atoms with E-state index in [1.54, 1.807) is 13.1 Å². The summed E-state index contributed by atoms with van der Waals surface area (Å²) in [6.07, 6.45) is 2.30. The summed E-state index contributed by atoms with van der Waals surface area (Å²) in [4.78, 5) is 16.3. The van der Waals surface area contributed by atoms with Crippen LogP contribution in [0.2, 0.25) is 0 Å². The molecule has 0 spiro atoms. The van der Waals surface area contributed by atoms with Crippen molar-refractivity contribution in [3.8, 4) is 0 Å². The standard InChI is InChI=1S/C23H28N4O2.HI/c1-16-11-14-29-21(16)22(28)25-12-6-13-26-23(24-3)27-17(2)19-10-9-18-7-4-5-8-20(18)15-19;/h4-5,7-11,14-15,17H,6,12-13H2,1-3H3,(H,25,28)(H2,24,26,27);1H. The fourth-order valence-electron chi connectivity index (χ4n) is 3.14. The van der Waals surface area contributed by atoms with Crippen LogP contribution in [0.5, 0.6) is 0 Å². The lowest BCUT2D eigenvalue weighted by molar-refractivity contribution is 0.0925. The van der Waals surface area contributed by atoms with Gasteiger partial charge in [-0.25, -0.2) is 0 Å². The molecule has 2 aromatic carbocycles. The summed E-state index contributed by atoms with van der Waals surface area (Å²) in [5, 5.41) is 12.0. The molecule has 1 unspecified atom stereocenters. The zero-order valence-electron chi connectivity index (χ0n) is 17.6. The first-order chi connectivity index (χ1) is 14.1. The van der Waals surface area contributed by atoms with Gasteiger partial charge in [-0.05, 0) is 48.7 Å². The largest absolute Gasteiger partial charge is 0.459 e. The highest BCUT2D eigenvalue weighted by Crippen LogP contribution is 2.20. The number of hydrogen-bond donors (Lipinski definition) is 3. The minimum absolute atomic E-state index is 0. The SMILES string of the molecule is CN=C(NCCCNC(=O)c1occc1C)NC(C)c1ccc2ccccc2c1.I. The zero-order chi connectivity index (χ0) is 20.6. The number of aryl methyl sites for hydroxylation is 1. The van der Waals surface area contributed by atoms with Gasteiger partial charge in [0, 0.05) is 25.7 Å². The van der Waals surface area contributed by atoms with Gasteiger partial charge in [0.1, 0.15) is 0 Å². The molecule has 160 valence electrons. The minimum atomic E-state index is -0.181. The Labute approximate surface area is 194 Å². The van der Waals surface area contributed by atoms with Gasteiger partial charge in [-0.2, -0.15) is 0 Å². The molecule has 0 aliphatic heterocycles. The maximum absolute atomic E-state index is 12.0. The van der Waals surface area contributed by atoms with Gasteiger partial charge in [-0.1, -0.05) is 36.4 Å². The summed E-state index contributed by atoms with van der Waals surface area (Å²) in [7, 11) is 1.75. The average molecular weight is 520 g/mol. The van der Waals surface area contributed by atoms with Crippen molar-refractivity contribution < 1.29 is 9.21 Å². The van der Waals surface area contributed by atoms with E-state index in [0.717, 1.165) is 17.9 Å². The molecule has 0 fully saturated rings. The molecule has 3 rings (SSSR count). The topological polar surface area (TPSA) is 78.7 Å². The third-order valence-electron chi connectivity index (χ3n) is 4.85. The van der Waals surface area contributed by atoms with Crippen LogP contribution in [-0.2, 0) is 0 Å². The first kappa shape index (κ1) is 23.7. The molecule has 0 saturated carbocycles. The maximum atomic E-state index is 12.0. The Bertz CT molecular complexity index is 1000. The number of nitrogens with one attached hydrogen (secondary N) is 3. The first-order valence-corrected chi connectivity index (χ1v) is 9.86. The van der Waals surface area contributed by atoms with Gasteiger partial charge in [0.15, 0.2) is 11.7 Å². The van der Waals surface area contributed by atoms with Crippen LogP contribution in [0.25, 0.3) is 10.8 Å². The predicted octanol–water partition coefficient (Wildman–Crippen LogP) is 4.41. The number of guanidine groups is 1. The number of hydrogen-bond acceptors (Lipinski definition) is 3. The Morgan fingerprint density at radius 3 is 2.50 bits per heavy atom. The molecule has 1 heterocycles. The number of carbonyl (C=O) groups is 1. The second-order valence-electron chi connectivity index (χ2n) is 7.01. The molecule has 1 amide bonds. The second-order valence-corrected chi connectivity index (χ2v) is 7.01. The molecule has 0 saturated heterocycles. The monoisotopic (exact) mass is 520 g/mol. The van der Waals surface area contributed by atoms with E-state index in [9.17, 15) is 4.79 Å². The van der Waals surface area contributed by atoms with Crippen LogP contribution in [0.3, 0.4) is 0 Å². The van der Waals surface area contributed by atoms with E-state index in [1.165, 1.54) is 22.6 Å². The molecule has 3 aromatic rings. The summed E-state index contributed by atoms with van der Waals surface area (Å²) in [6, 6.07) is 16.7. The Morgan fingerprint density at radius 2 is 1.80 bits per heavy atom. The lowest BCUT2D eigenvalue weighted by atomic mass is 10.0. The van der Waals surface area contributed by atoms with Crippen molar-refractivity contribution in [2.75, 3.05) is 20.1 Å². The van der Waals surface area contributed by atoms with Crippen LogP contribution in [0.1, 0.15) is 41.1 Å². The number of fused-ring (bicyclic) bond motifs is 1. The van der Waals surface area contributed by atoms with Gasteiger partial charge < -0.3 is 20.4 Å². The van der Waals surface area contributed by atoms with Gasteiger partial charge in [-0.3, -0.25) is 9.79 Å². The predicted molar refractivity (Wildman–Crippen MR) is 133 cm³/mol. The van der Waals surface area contributed by atoms with E-state index in [0.29, 0.717) is 18.8 Å². The highest BCUT2D eigenvalue weighted by atomic mass is 127. The number of amides is 1. The Hall–Kier alpha value is -2.55. The van der Waals surface area contributed by atoms with Crippen LogP contribution in [0.4, 0.5) is 0 Å². The maximum Gasteiger partial charge on any atom is 0.287 e. The fourth-order valence-corrected chi connectivity index (χ4v) is 3.14. The van der Waals surface area contributed by atoms with Crippen molar-refractivity contribution in [2.45, 2.75) is 26.3 Å². The Kier molecular flexibility index (Phi) is 9.16. The number of carbonyl (C=O) groups excluding carboxylic acids is 1. The molecule has 0 aliphatic rings. The van der Waals surface area contributed by atoms with Gasteiger partial charge in [0.25, 0.3) is 5.91 Å². The molecule has 0 radical (unpaired) electrons. The van der Waals surface area contributed by atoms with Crippen LogP contribution < -0.4 is 16.0 Å². The lowest BCUT2D eigenvalue weighted by Gasteiger charge is -2.19. The molecular weight excluding hydrogens is 491 g/mol. The summed E-state index contributed by atoms with van der Waals surface area (Å²) in [6.45, 7) is 5.22. The van der Waals surface area contributed by atoms with E-state index in [-0.39, 0.29) is 35.9 Å². The summed E-state index contributed by atoms with van der Waals surface area (Å²) in [5.41, 5.74) is 2.04. The molecule has 3 N–H and O–H groups in total. The van der Waals surface area contributed by atoms with Crippen molar-refractivity contribution in [1.29, 1.82) is 0 Å². The molecule has 0 bridgehead atoms. The zero-order valence-corrected chi connectivity index (χ0v) is 19.9. The van der Waals surface area contributed by atoms with E-state index in [2.05, 4.69) is 64.3 Å². The number of aliphatic imine (C=N–C) groups is 1. The first-order valence-electron chi connectivity index (χ1n) is 9.86. The minimum Gasteiger partial charge on any atom is -0.459 e. The molecule has 30 heavy (non-hydrogen) atoms. The summed E-state index contributed by atoms with van der Waals surface area (Å²) < 4.78 is 5.19. The van der Waals surface area contributed by atoms with Gasteiger partial charge in [0.05, 0.1) is 12.3 Å². The highest BCUT2D eigenvalue weighted by Gasteiger charge is 2.12. The van der Waals surface area contributed by atoms with Gasteiger partial charge in [-0.15, -0.1) is 24.0 Å². The number of rotatable bonds is 7. The van der Waals surface area contributed by atoms with Crippen LogP contribution >= 0.6 is 24.0 Å². The van der Waals surface area contributed by atoms with E-state index < -0.39 is 0 Å². The van der Waals surface area contributed by atoms with Crippen LogP contribution in [0.15, 0.2) is 64.2 Å². The lowest BCUT2D eigenvalue weighted by Crippen LogP contribution is -2.40. The highest BCUT2D eigenvalue weighted by molar-refractivity contribution is 14.0. The van der Waals surface area contributed by atoms with E-state index in [1.807, 2.05) is 13.0 Å². The number of nitrogens with zero attached hydrogens (tertiary/aromatic N) is 1. The smallest absolute Gasteiger partial charge is 0.287 e. The average Bonchev–Trinajstić information content (AvgIpc) is 3.18. The summed E-state index contributed by atoms with van der Waals surface area (Å²) >= 11 is 0. The molecule has 6 nitrogen and oxygen atoms in total. The molecular formula is C23H29IN4O2. The Morgan fingerprint density at radius 1 is 1.07 bits per heavy atom. The normalized spacial score (nSPS) is 12.2. The molecule has 7 heteroatoms. The van der Waals surface area contributed by atoms with Crippen molar-refractivity contribution >= 4 is 46.6 Å². The van der Waals surface area contributed by atoms with Crippen molar-refractivity contribution in [1.82, 2.24) is 16.0 Å². The van der Waals surface area contributed by atoms with Crippen LogP contribution in [-0.4, -0.2) is 32.0 Å². The van der Waals surface area contributed by atoms with Gasteiger partial charge in [0.2, 0.25) is 0 Å². The molecule has 1 atom stereocenters. The quantitative estimate of drug-likeness (QED) is 0.187. The third-order valence-corrected chi connectivity index (χ3v) is 4.85. The summed E-state index contributed by atoms with van der Waals surface area (Å²) in [5.74, 6) is 0.929. The second kappa shape index (κ2) is 11.6. The number of furan rings is 1. The molecule has 1 aromatic heterocycles. The van der Waals surface area contributed by atoms with Crippen molar-refractivity contribution in [3.63, 3.8) is 0 Å².